The van der Waals surface area contributed by atoms with E-state index in [2.05, 4.69) is 24.0 Å². The quantitative estimate of drug-likeness (QED) is 0.913. The summed E-state index contributed by atoms with van der Waals surface area (Å²) in [6.45, 7) is 4.58. The summed E-state index contributed by atoms with van der Waals surface area (Å²) in [5, 5.41) is 0.860. The summed E-state index contributed by atoms with van der Waals surface area (Å²) in [6, 6.07) is 8.65. The molecule has 0 bridgehead atoms. The second-order valence-corrected chi connectivity index (χ2v) is 6.85. The van der Waals surface area contributed by atoms with Crippen molar-refractivity contribution in [3.8, 4) is 0 Å². The van der Waals surface area contributed by atoms with Crippen molar-refractivity contribution < 1.29 is 0 Å². The van der Waals surface area contributed by atoms with Crippen LogP contribution in [0.25, 0.3) is 0 Å². The van der Waals surface area contributed by atoms with Gasteiger partial charge in [-0.05, 0) is 42.7 Å². The van der Waals surface area contributed by atoms with Gasteiger partial charge < -0.3 is 5.73 Å². The highest BCUT2D eigenvalue weighted by Crippen LogP contribution is 2.42. The minimum atomic E-state index is 0.161. The monoisotopic (exact) mass is 292 g/mol. The largest absolute Gasteiger partial charge is 0.326 e. The fourth-order valence-electron chi connectivity index (χ4n) is 4.13. The molecule has 1 aromatic carbocycles. The molecule has 2 aliphatic rings. The van der Waals surface area contributed by atoms with Crippen LogP contribution in [0.1, 0.15) is 44.2 Å². The van der Waals surface area contributed by atoms with Gasteiger partial charge in [0.1, 0.15) is 0 Å². The Morgan fingerprint density at radius 3 is 2.50 bits per heavy atom. The van der Waals surface area contributed by atoms with Crippen LogP contribution in [-0.4, -0.2) is 24.0 Å². The predicted molar refractivity (Wildman–Crippen MR) is 84.9 cm³/mol. The lowest BCUT2D eigenvalue weighted by Crippen LogP contribution is -2.40. The number of hydrogen-bond acceptors (Lipinski definition) is 2. The molecule has 1 aliphatic heterocycles. The van der Waals surface area contributed by atoms with Crippen molar-refractivity contribution in [2.75, 3.05) is 13.1 Å². The molecule has 1 aromatic rings. The maximum absolute atomic E-state index is 6.45. The summed E-state index contributed by atoms with van der Waals surface area (Å²) in [6.07, 6.45) is 5.21. The van der Waals surface area contributed by atoms with E-state index in [0.29, 0.717) is 0 Å². The third kappa shape index (κ3) is 2.61. The van der Waals surface area contributed by atoms with Crippen LogP contribution in [0.15, 0.2) is 24.3 Å². The zero-order valence-corrected chi connectivity index (χ0v) is 13.0. The molecule has 1 aliphatic carbocycles. The second kappa shape index (κ2) is 6.05. The van der Waals surface area contributed by atoms with Crippen LogP contribution < -0.4 is 5.73 Å². The number of fused-ring (bicyclic) bond motifs is 1. The zero-order chi connectivity index (χ0) is 14.1. The van der Waals surface area contributed by atoms with Crippen LogP contribution in [0.2, 0.25) is 5.02 Å². The molecular weight excluding hydrogens is 268 g/mol. The Labute approximate surface area is 127 Å². The Balaban J connectivity index is 1.86. The van der Waals surface area contributed by atoms with E-state index in [1.807, 2.05) is 12.1 Å². The number of benzene rings is 1. The summed E-state index contributed by atoms with van der Waals surface area (Å²) in [7, 11) is 0. The van der Waals surface area contributed by atoms with E-state index in [-0.39, 0.29) is 12.1 Å². The lowest BCUT2D eigenvalue weighted by molar-refractivity contribution is 0.194. The highest BCUT2D eigenvalue weighted by atomic mass is 35.5. The standard InChI is InChI=1S/C17H25ClN2/c1-2-16(19)17(14-8-3-4-9-15(14)18)20-10-12-6-5-7-13(12)11-20/h3-4,8-9,12-13,16-17H,2,5-7,10-11,19H2,1H3. The van der Waals surface area contributed by atoms with Crippen LogP contribution in [-0.2, 0) is 0 Å². The van der Waals surface area contributed by atoms with Crippen LogP contribution in [0, 0.1) is 11.8 Å². The van der Waals surface area contributed by atoms with E-state index >= 15 is 0 Å². The number of nitrogens with zero attached hydrogens (tertiary/aromatic N) is 1. The van der Waals surface area contributed by atoms with Crippen molar-refractivity contribution >= 4 is 11.6 Å². The Hall–Kier alpha value is -0.570. The van der Waals surface area contributed by atoms with Gasteiger partial charge >= 0.3 is 0 Å². The van der Waals surface area contributed by atoms with E-state index in [9.17, 15) is 0 Å². The Kier molecular flexibility index (Phi) is 4.34. The molecule has 4 atom stereocenters. The number of likely N-dealkylation sites (tertiary alicyclic amines) is 1. The van der Waals surface area contributed by atoms with E-state index in [4.69, 9.17) is 17.3 Å². The summed E-state index contributed by atoms with van der Waals surface area (Å²) >= 11 is 6.44. The van der Waals surface area contributed by atoms with Crippen molar-refractivity contribution in [1.82, 2.24) is 4.90 Å². The highest BCUT2D eigenvalue weighted by molar-refractivity contribution is 6.31. The molecule has 0 radical (unpaired) electrons. The minimum Gasteiger partial charge on any atom is -0.326 e. The van der Waals surface area contributed by atoms with Crippen molar-refractivity contribution in [1.29, 1.82) is 0 Å². The molecule has 110 valence electrons. The number of hydrogen-bond donors (Lipinski definition) is 1. The van der Waals surface area contributed by atoms with Gasteiger partial charge in [-0.15, -0.1) is 0 Å². The first-order chi connectivity index (χ1) is 9.70. The number of halogens is 1. The van der Waals surface area contributed by atoms with E-state index < -0.39 is 0 Å². The lowest BCUT2D eigenvalue weighted by atomic mass is 9.96. The van der Waals surface area contributed by atoms with Gasteiger partial charge in [0.2, 0.25) is 0 Å². The predicted octanol–water partition coefficient (Wildman–Crippen LogP) is 3.85. The van der Waals surface area contributed by atoms with Gasteiger partial charge in [-0.1, -0.05) is 43.1 Å². The van der Waals surface area contributed by atoms with Crippen LogP contribution in [0.4, 0.5) is 0 Å². The molecule has 0 amide bonds. The average Bonchev–Trinajstić information content (AvgIpc) is 3.02. The molecule has 0 aromatic heterocycles. The normalized spacial score (nSPS) is 29.4. The minimum absolute atomic E-state index is 0.161. The van der Waals surface area contributed by atoms with Gasteiger partial charge in [0, 0.05) is 24.2 Å². The molecule has 2 N–H and O–H groups in total. The van der Waals surface area contributed by atoms with Crippen molar-refractivity contribution in [2.24, 2.45) is 17.6 Å². The molecule has 2 nitrogen and oxygen atoms in total. The number of rotatable bonds is 4. The van der Waals surface area contributed by atoms with Crippen molar-refractivity contribution in [3.63, 3.8) is 0 Å². The summed E-state index contributed by atoms with van der Waals surface area (Å²) < 4.78 is 0. The van der Waals surface area contributed by atoms with Crippen molar-refractivity contribution in [2.45, 2.75) is 44.7 Å². The molecular formula is C17H25ClN2. The average molecular weight is 293 g/mol. The Morgan fingerprint density at radius 1 is 1.25 bits per heavy atom. The van der Waals surface area contributed by atoms with Gasteiger partial charge in [-0.2, -0.15) is 0 Å². The molecule has 4 unspecified atom stereocenters. The van der Waals surface area contributed by atoms with Gasteiger partial charge in [0.25, 0.3) is 0 Å². The second-order valence-electron chi connectivity index (χ2n) is 6.44. The van der Waals surface area contributed by atoms with E-state index in [1.54, 1.807) is 0 Å². The zero-order valence-electron chi connectivity index (χ0n) is 12.3. The van der Waals surface area contributed by atoms with Crippen LogP contribution >= 0.6 is 11.6 Å². The SMILES string of the molecule is CCC(N)C(c1ccccc1Cl)N1CC2CCCC2C1. The van der Waals surface area contributed by atoms with E-state index in [0.717, 1.165) is 23.3 Å². The Morgan fingerprint density at radius 2 is 1.90 bits per heavy atom. The molecule has 0 spiro atoms. The maximum Gasteiger partial charge on any atom is 0.0514 e. The fourth-order valence-corrected chi connectivity index (χ4v) is 4.38. The number of nitrogens with two attached hydrogens (primary N) is 1. The molecule has 2 fully saturated rings. The van der Waals surface area contributed by atoms with Crippen LogP contribution in [0.3, 0.4) is 0 Å². The van der Waals surface area contributed by atoms with Gasteiger partial charge in [-0.25, -0.2) is 0 Å². The lowest BCUT2D eigenvalue weighted by Gasteiger charge is -2.33. The first-order valence-electron chi connectivity index (χ1n) is 7.94. The summed E-state index contributed by atoms with van der Waals surface area (Å²) in [4.78, 5) is 2.60. The first kappa shape index (κ1) is 14.4. The Bertz CT molecular complexity index is 450. The topological polar surface area (TPSA) is 29.3 Å². The molecule has 3 heteroatoms. The summed E-state index contributed by atoms with van der Waals surface area (Å²) in [5.41, 5.74) is 7.66. The third-order valence-corrected chi connectivity index (χ3v) is 5.59. The van der Waals surface area contributed by atoms with Gasteiger partial charge in [0.05, 0.1) is 6.04 Å². The molecule has 20 heavy (non-hydrogen) atoms. The summed E-state index contributed by atoms with van der Waals surface area (Å²) in [5.74, 6) is 1.79. The van der Waals surface area contributed by atoms with Gasteiger partial charge in [-0.3, -0.25) is 4.90 Å². The van der Waals surface area contributed by atoms with E-state index in [1.165, 1.54) is 37.9 Å². The molecule has 1 heterocycles. The van der Waals surface area contributed by atoms with Crippen molar-refractivity contribution in [3.05, 3.63) is 34.9 Å². The van der Waals surface area contributed by atoms with Crippen LogP contribution in [0.5, 0.6) is 0 Å². The molecule has 1 saturated carbocycles. The van der Waals surface area contributed by atoms with Gasteiger partial charge in [0.15, 0.2) is 0 Å². The molecule has 3 rings (SSSR count). The highest BCUT2D eigenvalue weighted by Gasteiger charge is 2.40. The fraction of sp³-hybridized carbons (Fsp3) is 0.647. The third-order valence-electron chi connectivity index (χ3n) is 5.25. The first-order valence-corrected chi connectivity index (χ1v) is 8.32. The maximum atomic E-state index is 6.45. The molecule has 1 saturated heterocycles. The smallest absolute Gasteiger partial charge is 0.0514 e.